The van der Waals surface area contributed by atoms with Crippen LogP contribution in [0.5, 0.6) is 0 Å². The van der Waals surface area contributed by atoms with Crippen molar-refractivity contribution in [1.29, 1.82) is 0 Å². The summed E-state index contributed by atoms with van der Waals surface area (Å²) in [5.74, 6) is 2.72. The molecule has 1 aromatic heterocycles. The van der Waals surface area contributed by atoms with Gasteiger partial charge in [-0.3, -0.25) is 5.43 Å². The molecular weight excluding hydrogens is 222 g/mol. The number of nitrogens with one attached hydrogen (secondary N) is 1. The summed E-state index contributed by atoms with van der Waals surface area (Å²) in [7, 11) is 0. The Morgan fingerprint density at radius 1 is 1.11 bits per heavy atom. The summed E-state index contributed by atoms with van der Waals surface area (Å²) in [5.41, 5.74) is 4.42. The summed E-state index contributed by atoms with van der Waals surface area (Å²) >= 11 is 0. The molecule has 1 N–H and O–H groups in total. The van der Waals surface area contributed by atoms with Gasteiger partial charge >= 0.3 is 0 Å². The molecule has 2 fully saturated rings. The molecule has 2 aliphatic rings. The lowest BCUT2D eigenvalue weighted by molar-refractivity contribution is 0.218. The van der Waals surface area contributed by atoms with Gasteiger partial charge in [-0.25, -0.2) is 4.98 Å². The Hall–Kier alpha value is -1.38. The first-order valence-corrected chi connectivity index (χ1v) is 7.14. The first-order valence-electron chi connectivity index (χ1n) is 7.14. The van der Waals surface area contributed by atoms with Crippen LogP contribution in [0.15, 0.2) is 29.5 Å². The smallest absolute Gasteiger partial charge is 0.146 e. The molecule has 0 aliphatic heterocycles. The van der Waals surface area contributed by atoms with Crippen LogP contribution in [0.3, 0.4) is 0 Å². The third kappa shape index (κ3) is 2.71. The molecule has 2 aliphatic carbocycles. The number of hydrazone groups is 1. The highest BCUT2D eigenvalue weighted by Crippen LogP contribution is 2.39. The molecule has 1 heterocycles. The van der Waals surface area contributed by atoms with E-state index in [-0.39, 0.29) is 0 Å². The van der Waals surface area contributed by atoms with Crippen LogP contribution in [0.2, 0.25) is 0 Å². The number of pyridine rings is 1. The Kier molecular flexibility index (Phi) is 3.58. The normalized spacial score (nSPS) is 29.9. The van der Waals surface area contributed by atoms with E-state index < -0.39 is 0 Å². The molecule has 0 amide bonds. The maximum absolute atomic E-state index is 4.55. The SMILES string of the molecule is c1ccc(N/N=C2\CC[C@H]3CCCC[C@H]3C2)nc1. The lowest BCUT2D eigenvalue weighted by Crippen LogP contribution is -2.28. The van der Waals surface area contributed by atoms with Gasteiger partial charge in [0.2, 0.25) is 0 Å². The van der Waals surface area contributed by atoms with Crippen molar-refractivity contribution >= 4 is 11.5 Å². The van der Waals surface area contributed by atoms with Gasteiger partial charge in [0, 0.05) is 11.9 Å². The predicted molar refractivity (Wildman–Crippen MR) is 74.6 cm³/mol. The van der Waals surface area contributed by atoms with Gasteiger partial charge < -0.3 is 0 Å². The third-order valence-electron chi connectivity index (χ3n) is 4.36. The number of fused-ring (bicyclic) bond motifs is 1. The van der Waals surface area contributed by atoms with Crippen LogP contribution >= 0.6 is 0 Å². The van der Waals surface area contributed by atoms with Crippen molar-refractivity contribution in [1.82, 2.24) is 4.98 Å². The van der Waals surface area contributed by atoms with E-state index in [0.29, 0.717) is 0 Å². The molecule has 2 atom stereocenters. The second-order valence-corrected chi connectivity index (χ2v) is 5.55. The van der Waals surface area contributed by atoms with Crippen LogP contribution in [0, 0.1) is 11.8 Å². The van der Waals surface area contributed by atoms with Gasteiger partial charge in [-0.1, -0.05) is 25.3 Å². The van der Waals surface area contributed by atoms with E-state index in [1.807, 2.05) is 18.2 Å². The maximum atomic E-state index is 4.55. The highest BCUT2D eigenvalue weighted by Gasteiger charge is 2.30. The summed E-state index contributed by atoms with van der Waals surface area (Å²) in [6, 6.07) is 5.86. The van der Waals surface area contributed by atoms with Crippen LogP contribution in [0.1, 0.15) is 44.9 Å². The summed E-state index contributed by atoms with van der Waals surface area (Å²) in [5, 5.41) is 4.55. The van der Waals surface area contributed by atoms with Crippen LogP contribution in [0.25, 0.3) is 0 Å². The Balaban J connectivity index is 1.60. The van der Waals surface area contributed by atoms with Crippen molar-refractivity contribution < 1.29 is 0 Å². The molecule has 3 heteroatoms. The summed E-state index contributed by atoms with van der Waals surface area (Å²) in [6.07, 6.45) is 11.2. The van der Waals surface area contributed by atoms with E-state index in [1.54, 1.807) is 6.20 Å². The lowest BCUT2D eigenvalue weighted by atomic mass is 9.70. The second kappa shape index (κ2) is 5.51. The maximum Gasteiger partial charge on any atom is 0.146 e. The summed E-state index contributed by atoms with van der Waals surface area (Å²) in [6.45, 7) is 0. The van der Waals surface area contributed by atoms with Crippen LogP contribution in [-0.4, -0.2) is 10.7 Å². The van der Waals surface area contributed by atoms with E-state index >= 15 is 0 Å². The zero-order chi connectivity index (χ0) is 12.2. The monoisotopic (exact) mass is 243 g/mol. The second-order valence-electron chi connectivity index (χ2n) is 5.55. The molecule has 0 aromatic carbocycles. The van der Waals surface area contributed by atoms with Crippen molar-refractivity contribution in [2.75, 3.05) is 5.43 Å². The van der Waals surface area contributed by atoms with Crippen molar-refractivity contribution in [3.05, 3.63) is 24.4 Å². The largest absolute Gasteiger partial charge is 0.261 e. The molecule has 96 valence electrons. The van der Waals surface area contributed by atoms with E-state index in [2.05, 4.69) is 15.5 Å². The molecule has 0 bridgehead atoms. The number of aromatic nitrogens is 1. The third-order valence-corrected chi connectivity index (χ3v) is 4.36. The van der Waals surface area contributed by atoms with Gasteiger partial charge in [0.05, 0.1) is 0 Å². The average Bonchev–Trinajstić information content (AvgIpc) is 2.46. The number of hydrogen-bond acceptors (Lipinski definition) is 3. The molecular formula is C15H21N3. The summed E-state index contributed by atoms with van der Waals surface area (Å²) < 4.78 is 0. The fraction of sp³-hybridized carbons (Fsp3) is 0.600. The van der Waals surface area contributed by atoms with Gasteiger partial charge in [-0.05, 0) is 49.7 Å². The van der Waals surface area contributed by atoms with Gasteiger partial charge in [0.15, 0.2) is 0 Å². The van der Waals surface area contributed by atoms with Crippen molar-refractivity contribution in [3.8, 4) is 0 Å². The number of anilines is 1. The van der Waals surface area contributed by atoms with Gasteiger partial charge in [-0.2, -0.15) is 5.10 Å². The van der Waals surface area contributed by atoms with Gasteiger partial charge in [-0.15, -0.1) is 0 Å². The number of nitrogens with zero attached hydrogens (tertiary/aromatic N) is 2. The molecule has 3 nitrogen and oxygen atoms in total. The minimum absolute atomic E-state index is 0.843. The number of hydrogen-bond donors (Lipinski definition) is 1. The zero-order valence-electron chi connectivity index (χ0n) is 10.8. The van der Waals surface area contributed by atoms with Gasteiger partial charge in [0.1, 0.15) is 5.82 Å². The molecule has 0 radical (unpaired) electrons. The molecule has 1 aromatic rings. The van der Waals surface area contributed by atoms with Crippen LogP contribution < -0.4 is 5.43 Å². The Morgan fingerprint density at radius 2 is 2.00 bits per heavy atom. The average molecular weight is 243 g/mol. The first kappa shape index (κ1) is 11.7. The van der Waals surface area contributed by atoms with E-state index in [9.17, 15) is 0 Å². The molecule has 0 saturated heterocycles. The molecule has 2 saturated carbocycles. The Bertz CT molecular complexity index is 413. The molecule has 3 rings (SSSR count). The quantitative estimate of drug-likeness (QED) is 0.801. The highest BCUT2D eigenvalue weighted by molar-refractivity contribution is 5.86. The van der Waals surface area contributed by atoms with Crippen molar-refractivity contribution in [3.63, 3.8) is 0 Å². The number of rotatable bonds is 2. The topological polar surface area (TPSA) is 37.3 Å². The minimum Gasteiger partial charge on any atom is -0.261 e. The standard InChI is InChI=1S/C15H21N3/c1-2-6-13-11-14(9-8-12(13)5-1)17-18-15-7-3-4-10-16-15/h3-4,7,10,12-13H,1-2,5-6,8-9,11H2,(H,16,18)/b17-14+/t12-,13+/m1/s1. The van der Waals surface area contributed by atoms with Gasteiger partial charge in [0.25, 0.3) is 0 Å². The van der Waals surface area contributed by atoms with Crippen molar-refractivity contribution in [2.45, 2.75) is 44.9 Å². The fourth-order valence-corrected chi connectivity index (χ4v) is 3.36. The van der Waals surface area contributed by atoms with E-state index in [0.717, 1.165) is 17.7 Å². The van der Waals surface area contributed by atoms with Crippen LogP contribution in [0.4, 0.5) is 5.82 Å². The minimum atomic E-state index is 0.843. The fourth-order valence-electron chi connectivity index (χ4n) is 3.36. The predicted octanol–water partition coefficient (Wildman–Crippen LogP) is 3.84. The van der Waals surface area contributed by atoms with Crippen molar-refractivity contribution in [2.24, 2.45) is 16.9 Å². The molecule has 0 unspecified atom stereocenters. The first-order chi connectivity index (χ1) is 8.92. The molecule has 0 spiro atoms. The zero-order valence-corrected chi connectivity index (χ0v) is 10.8. The summed E-state index contributed by atoms with van der Waals surface area (Å²) in [4.78, 5) is 4.23. The van der Waals surface area contributed by atoms with E-state index in [1.165, 1.54) is 50.7 Å². The lowest BCUT2D eigenvalue weighted by Gasteiger charge is -2.35. The van der Waals surface area contributed by atoms with Crippen LogP contribution in [-0.2, 0) is 0 Å². The highest BCUT2D eigenvalue weighted by atomic mass is 15.3. The Morgan fingerprint density at radius 3 is 2.83 bits per heavy atom. The Labute approximate surface area is 109 Å². The van der Waals surface area contributed by atoms with E-state index in [4.69, 9.17) is 0 Å². The molecule has 18 heavy (non-hydrogen) atoms.